The van der Waals surface area contributed by atoms with Crippen LogP contribution in [0.5, 0.6) is 0 Å². The van der Waals surface area contributed by atoms with E-state index in [0.717, 1.165) is 19.3 Å². The van der Waals surface area contributed by atoms with E-state index in [1.54, 1.807) is 0 Å². The predicted molar refractivity (Wildman–Crippen MR) is 105 cm³/mol. The molecule has 0 rings (SSSR count). The van der Waals surface area contributed by atoms with E-state index in [1.165, 1.54) is 15.8 Å². The molecule has 0 bridgehead atoms. The monoisotopic (exact) mass is 360 g/mol. The van der Waals surface area contributed by atoms with Gasteiger partial charge in [-0.15, -0.1) is 0 Å². The molecule has 0 aliphatic heterocycles. The summed E-state index contributed by atoms with van der Waals surface area (Å²) in [6.45, 7) is 19.5. The average molecular weight is 360 g/mol. The SMILES string of the molecule is CCC(C)[O][Al]([O]C(C)CC)[O]C(C)CC.C[CH2][Al]([CH2]C)[CH2]C. The summed E-state index contributed by atoms with van der Waals surface area (Å²) >= 11 is -2.13. The molecule has 5 heteroatoms. The van der Waals surface area contributed by atoms with Crippen LogP contribution in [0.1, 0.15) is 81.6 Å². The molecule has 0 aliphatic rings. The van der Waals surface area contributed by atoms with Gasteiger partial charge < -0.3 is 11.4 Å². The van der Waals surface area contributed by atoms with Crippen LogP contribution in [-0.2, 0) is 11.4 Å². The van der Waals surface area contributed by atoms with Crippen molar-refractivity contribution in [3.63, 3.8) is 0 Å². The fraction of sp³-hybridized carbons (Fsp3) is 1.00. The second-order valence-electron chi connectivity index (χ2n) is 6.44. The maximum atomic E-state index is 5.84. The summed E-state index contributed by atoms with van der Waals surface area (Å²) in [5, 5.41) is 4.48. The Labute approximate surface area is 156 Å². The Morgan fingerprint density at radius 3 is 0.957 bits per heavy atom. The molecule has 0 saturated heterocycles. The van der Waals surface area contributed by atoms with Gasteiger partial charge in [-0.2, -0.15) is 0 Å². The standard InChI is InChI=1S/3C4H9O.3C2H5.2Al/c3*1-3-4(2)5;3*1-2;;/h3*4H,3H2,1-2H3;3*1H2,2H3;;/q3*-1;;;;;+3. The first-order valence-corrected chi connectivity index (χ1v) is 13.7. The van der Waals surface area contributed by atoms with Gasteiger partial charge in [0.15, 0.2) is 0 Å². The molecule has 3 unspecified atom stereocenters. The van der Waals surface area contributed by atoms with E-state index in [-0.39, 0.29) is 32.5 Å². The number of hydrogen-bond donors (Lipinski definition) is 0. The largest absolute Gasteiger partial charge is 0.906 e. The van der Waals surface area contributed by atoms with E-state index in [9.17, 15) is 0 Å². The van der Waals surface area contributed by atoms with E-state index < -0.39 is 15.1 Å². The first-order chi connectivity index (χ1) is 10.9. The molecule has 23 heavy (non-hydrogen) atoms. The van der Waals surface area contributed by atoms with Gasteiger partial charge in [-0.05, 0) is 40.0 Å². The highest BCUT2D eigenvalue weighted by atomic mass is 27.3. The lowest BCUT2D eigenvalue weighted by atomic mass is 10.3. The summed E-state index contributed by atoms with van der Waals surface area (Å²) in [5.74, 6) is 0. The topological polar surface area (TPSA) is 27.7 Å². The van der Waals surface area contributed by atoms with Crippen molar-refractivity contribution in [1.82, 2.24) is 0 Å². The van der Waals surface area contributed by atoms with Crippen molar-refractivity contribution in [2.45, 2.75) is 116 Å². The molecule has 0 saturated carbocycles. The summed E-state index contributed by atoms with van der Waals surface area (Å²) in [5.41, 5.74) is 0. The summed E-state index contributed by atoms with van der Waals surface area (Å²) in [7, 11) is 0. The number of rotatable bonds is 12. The number of hydrogen-bond acceptors (Lipinski definition) is 3. The second kappa shape index (κ2) is 17.8. The van der Waals surface area contributed by atoms with Crippen molar-refractivity contribution < 1.29 is 11.4 Å². The quantitative estimate of drug-likeness (QED) is 0.402. The maximum Gasteiger partial charge on any atom is 0.906 e. The van der Waals surface area contributed by atoms with E-state index >= 15 is 0 Å². The third-order valence-corrected chi connectivity index (χ3v) is 10.0. The lowest BCUT2D eigenvalue weighted by molar-refractivity contribution is 0.0181. The Bertz CT molecular complexity index is 204. The molecule has 0 radical (unpaired) electrons. The van der Waals surface area contributed by atoms with Crippen LogP contribution in [0.15, 0.2) is 0 Å². The molecule has 3 atom stereocenters. The Kier molecular flexibility index (Phi) is 20.2. The first-order valence-electron chi connectivity index (χ1n) is 9.84. The lowest BCUT2D eigenvalue weighted by Crippen LogP contribution is -2.36. The van der Waals surface area contributed by atoms with E-state index in [1.807, 2.05) is 0 Å². The molecule has 0 N–H and O–H groups in total. The van der Waals surface area contributed by atoms with Crippen LogP contribution in [0.2, 0.25) is 15.8 Å². The maximum absolute atomic E-state index is 5.84. The van der Waals surface area contributed by atoms with Gasteiger partial charge in [0.05, 0.1) is 0 Å². The summed E-state index contributed by atoms with van der Waals surface area (Å²) in [6, 6.07) is 0. The second-order valence-corrected chi connectivity index (χ2v) is 12.0. The van der Waals surface area contributed by atoms with Gasteiger partial charge in [0, 0.05) is 18.3 Å². The molecule has 3 nitrogen and oxygen atoms in total. The van der Waals surface area contributed by atoms with Gasteiger partial charge in [-0.25, -0.2) is 0 Å². The van der Waals surface area contributed by atoms with Crippen LogP contribution in [-0.4, -0.2) is 47.6 Å². The molecule has 0 aliphatic carbocycles. The normalized spacial score (nSPS) is 14.5. The zero-order chi connectivity index (χ0) is 18.3. The third-order valence-electron chi connectivity index (χ3n) is 4.49. The molecule has 0 spiro atoms. The van der Waals surface area contributed by atoms with E-state index in [0.29, 0.717) is 0 Å². The highest BCUT2D eigenvalue weighted by molar-refractivity contribution is 6.58. The fourth-order valence-electron chi connectivity index (χ4n) is 1.82. The summed E-state index contributed by atoms with van der Waals surface area (Å²) < 4.78 is 17.5. The van der Waals surface area contributed by atoms with Crippen molar-refractivity contribution >= 4 is 29.3 Å². The molecule has 138 valence electrons. The van der Waals surface area contributed by atoms with E-state index in [2.05, 4.69) is 62.3 Å². The van der Waals surface area contributed by atoms with Crippen molar-refractivity contribution in [1.29, 1.82) is 0 Å². The van der Waals surface area contributed by atoms with Gasteiger partial charge in [-0.3, -0.25) is 0 Å². The van der Waals surface area contributed by atoms with Crippen LogP contribution in [0.25, 0.3) is 0 Å². The van der Waals surface area contributed by atoms with Gasteiger partial charge in [0.2, 0.25) is 0 Å². The summed E-state index contributed by atoms with van der Waals surface area (Å²) in [6.07, 6.45) is 3.67. The van der Waals surface area contributed by atoms with Crippen LogP contribution in [0.4, 0.5) is 0 Å². The van der Waals surface area contributed by atoms with Gasteiger partial charge >= 0.3 is 15.1 Å². The molecule has 0 heterocycles. The van der Waals surface area contributed by atoms with Gasteiger partial charge in [0.1, 0.15) is 0 Å². The molecule has 0 aromatic heterocycles. The minimum atomic E-state index is -1.96. The smallest absolute Gasteiger partial charge is 0.452 e. The fourth-order valence-corrected chi connectivity index (χ4v) is 5.46. The minimum absolute atomic E-state index is 0.171. The Morgan fingerprint density at radius 1 is 0.565 bits per heavy atom. The third kappa shape index (κ3) is 16.2. The van der Waals surface area contributed by atoms with Crippen molar-refractivity contribution in [2.75, 3.05) is 0 Å². The zero-order valence-electron chi connectivity index (χ0n) is 17.4. The van der Waals surface area contributed by atoms with Crippen LogP contribution < -0.4 is 0 Å². The van der Waals surface area contributed by atoms with Gasteiger partial charge in [0.25, 0.3) is 14.1 Å². The minimum Gasteiger partial charge on any atom is -0.452 e. The van der Waals surface area contributed by atoms with E-state index in [4.69, 9.17) is 11.4 Å². The van der Waals surface area contributed by atoms with Crippen LogP contribution >= 0.6 is 0 Å². The zero-order valence-corrected chi connectivity index (χ0v) is 19.7. The lowest BCUT2D eigenvalue weighted by Gasteiger charge is -2.23. The predicted octanol–water partition coefficient (Wildman–Crippen LogP) is 5.96. The van der Waals surface area contributed by atoms with Crippen molar-refractivity contribution in [3.8, 4) is 0 Å². The van der Waals surface area contributed by atoms with Gasteiger partial charge in [-0.1, -0.05) is 57.4 Å². The molecular weight excluding hydrogens is 318 g/mol. The highest BCUT2D eigenvalue weighted by Gasteiger charge is 2.35. The van der Waals surface area contributed by atoms with Crippen molar-refractivity contribution in [2.24, 2.45) is 0 Å². The molecular formula is C18H42Al2O3. The average Bonchev–Trinajstić information content (AvgIpc) is 2.56. The summed E-state index contributed by atoms with van der Waals surface area (Å²) in [4.78, 5) is 0. The Hall–Kier alpha value is 0.945. The molecule has 0 fully saturated rings. The van der Waals surface area contributed by atoms with Crippen LogP contribution in [0, 0.1) is 0 Å². The molecule has 0 aromatic carbocycles. The molecule has 0 aromatic rings. The Morgan fingerprint density at radius 2 is 0.826 bits per heavy atom. The first kappa shape index (κ1) is 26.2. The molecule has 0 amide bonds. The Balaban J connectivity index is 0. The van der Waals surface area contributed by atoms with Crippen molar-refractivity contribution in [3.05, 3.63) is 0 Å². The highest BCUT2D eigenvalue weighted by Crippen LogP contribution is 2.10. The van der Waals surface area contributed by atoms with Crippen LogP contribution in [0.3, 0.4) is 0 Å².